The molecule has 0 atom stereocenters. The van der Waals surface area contributed by atoms with Crippen molar-refractivity contribution >= 4 is 11.6 Å². The van der Waals surface area contributed by atoms with Gasteiger partial charge in [0.05, 0.1) is 12.2 Å². The molecule has 0 radical (unpaired) electrons. The summed E-state index contributed by atoms with van der Waals surface area (Å²) < 4.78 is 5.60. The quantitative estimate of drug-likeness (QED) is 0.888. The number of hydrogen-bond donors (Lipinski definition) is 2. The second-order valence-corrected chi connectivity index (χ2v) is 4.56. The van der Waals surface area contributed by atoms with Crippen molar-refractivity contribution in [2.45, 2.75) is 13.3 Å². The summed E-state index contributed by atoms with van der Waals surface area (Å²) >= 11 is 0. The number of aromatic nitrogens is 3. The molecule has 2 N–H and O–H groups in total. The summed E-state index contributed by atoms with van der Waals surface area (Å²) in [7, 11) is 0. The predicted octanol–water partition coefficient (Wildman–Crippen LogP) is 2.16. The molecule has 2 aromatic heterocycles. The Morgan fingerprint density at radius 1 is 1.30 bits per heavy atom. The van der Waals surface area contributed by atoms with Gasteiger partial charge >= 0.3 is 0 Å². The molecule has 6 nitrogen and oxygen atoms in total. The van der Waals surface area contributed by atoms with Gasteiger partial charge in [-0.3, -0.25) is 0 Å². The maximum Gasteiger partial charge on any atom is 0.168 e. The van der Waals surface area contributed by atoms with Crippen molar-refractivity contribution in [1.29, 1.82) is 0 Å². The topological polar surface area (TPSA) is 72.0 Å². The SMILES string of the molecule is CCCNc1cc(-c2cnc3c(c2)OCCN3)ncn1. The Bertz CT molecular complexity index is 602. The minimum absolute atomic E-state index is 0.658. The lowest BCUT2D eigenvalue weighted by atomic mass is 10.2. The Labute approximate surface area is 117 Å². The largest absolute Gasteiger partial charge is 0.488 e. The average molecular weight is 271 g/mol. The predicted molar refractivity (Wildman–Crippen MR) is 78.0 cm³/mol. The van der Waals surface area contributed by atoms with E-state index in [1.54, 1.807) is 12.5 Å². The molecule has 0 saturated carbocycles. The van der Waals surface area contributed by atoms with Crippen LogP contribution in [0.5, 0.6) is 5.75 Å². The van der Waals surface area contributed by atoms with Gasteiger partial charge in [-0.05, 0) is 12.5 Å². The smallest absolute Gasteiger partial charge is 0.168 e. The number of fused-ring (bicyclic) bond motifs is 1. The molecular weight excluding hydrogens is 254 g/mol. The van der Waals surface area contributed by atoms with Gasteiger partial charge < -0.3 is 15.4 Å². The lowest BCUT2D eigenvalue weighted by Gasteiger charge is -2.18. The minimum atomic E-state index is 0.658. The highest BCUT2D eigenvalue weighted by Gasteiger charge is 2.12. The normalized spacial score (nSPS) is 13.1. The number of nitrogens with one attached hydrogen (secondary N) is 2. The average Bonchev–Trinajstić information content (AvgIpc) is 2.53. The van der Waals surface area contributed by atoms with Crippen LogP contribution in [-0.2, 0) is 0 Å². The third kappa shape index (κ3) is 2.64. The Kier molecular flexibility index (Phi) is 3.62. The third-order valence-corrected chi connectivity index (χ3v) is 3.02. The van der Waals surface area contributed by atoms with Crippen molar-refractivity contribution in [1.82, 2.24) is 15.0 Å². The van der Waals surface area contributed by atoms with Crippen LogP contribution in [0.3, 0.4) is 0 Å². The molecule has 2 aromatic rings. The van der Waals surface area contributed by atoms with Crippen LogP contribution >= 0.6 is 0 Å². The van der Waals surface area contributed by atoms with Crippen LogP contribution in [0, 0.1) is 0 Å². The molecule has 0 unspecified atom stereocenters. The van der Waals surface area contributed by atoms with E-state index in [9.17, 15) is 0 Å². The molecule has 0 bridgehead atoms. The van der Waals surface area contributed by atoms with Gasteiger partial charge in [0, 0.05) is 24.4 Å². The van der Waals surface area contributed by atoms with E-state index < -0.39 is 0 Å². The Balaban J connectivity index is 1.88. The van der Waals surface area contributed by atoms with Crippen molar-refractivity contribution < 1.29 is 4.74 Å². The summed E-state index contributed by atoms with van der Waals surface area (Å²) in [5.74, 6) is 2.39. The Morgan fingerprint density at radius 2 is 2.25 bits per heavy atom. The molecule has 3 rings (SSSR count). The van der Waals surface area contributed by atoms with Gasteiger partial charge in [0.1, 0.15) is 18.8 Å². The van der Waals surface area contributed by atoms with Crippen molar-refractivity contribution in [3.05, 3.63) is 24.7 Å². The Morgan fingerprint density at radius 3 is 3.15 bits per heavy atom. The molecule has 0 amide bonds. The number of nitrogens with zero attached hydrogens (tertiary/aromatic N) is 3. The number of ether oxygens (including phenoxy) is 1. The number of rotatable bonds is 4. The highest BCUT2D eigenvalue weighted by Crippen LogP contribution is 2.29. The maximum absolute atomic E-state index is 5.60. The van der Waals surface area contributed by atoms with Gasteiger partial charge in [-0.15, -0.1) is 0 Å². The molecule has 0 aromatic carbocycles. The monoisotopic (exact) mass is 271 g/mol. The lowest BCUT2D eigenvalue weighted by Crippen LogP contribution is -2.18. The van der Waals surface area contributed by atoms with E-state index in [4.69, 9.17) is 4.74 Å². The molecular formula is C14H17N5O. The Hall–Kier alpha value is -2.37. The summed E-state index contributed by atoms with van der Waals surface area (Å²) in [4.78, 5) is 12.9. The van der Waals surface area contributed by atoms with E-state index in [2.05, 4.69) is 32.5 Å². The highest BCUT2D eigenvalue weighted by atomic mass is 16.5. The summed E-state index contributed by atoms with van der Waals surface area (Å²) in [6, 6.07) is 3.88. The van der Waals surface area contributed by atoms with Gasteiger partial charge in [-0.1, -0.05) is 6.92 Å². The second-order valence-electron chi connectivity index (χ2n) is 4.56. The second kappa shape index (κ2) is 5.73. The highest BCUT2D eigenvalue weighted by molar-refractivity contribution is 5.67. The fourth-order valence-corrected chi connectivity index (χ4v) is 2.02. The van der Waals surface area contributed by atoms with Crippen molar-refractivity contribution in [3.63, 3.8) is 0 Å². The zero-order valence-corrected chi connectivity index (χ0v) is 11.4. The van der Waals surface area contributed by atoms with Gasteiger partial charge in [0.15, 0.2) is 11.6 Å². The van der Waals surface area contributed by atoms with Crippen LogP contribution in [0.4, 0.5) is 11.6 Å². The fraction of sp³-hybridized carbons (Fsp3) is 0.357. The lowest BCUT2D eigenvalue weighted by molar-refractivity contribution is 0.321. The molecule has 104 valence electrons. The molecule has 0 fully saturated rings. The molecule has 0 spiro atoms. The van der Waals surface area contributed by atoms with Gasteiger partial charge in [-0.2, -0.15) is 0 Å². The van der Waals surface area contributed by atoms with Crippen molar-refractivity contribution in [3.8, 4) is 17.0 Å². The van der Waals surface area contributed by atoms with Crippen LogP contribution in [-0.4, -0.2) is 34.6 Å². The van der Waals surface area contributed by atoms with Crippen molar-refractivity contribution in [2.75, 3.05) is 30.3 Å². The third-order valence-electron chi connectivity index (χ3n) is 3.02. The van der Waals surface area contributed by atoms with E-state index in [-0.39, 0.29) is 0 Å². The minimum Gasteiger partial charge on any atom is -0.488 e. The van der Waals surface area contributed by atoms with Crippen molar-refractivity contribution in [2.24, 2.45) is 0 Å². The molecule has 3 heterocycles. The zero-order valence-electron chi connectivity index (χ0n) is 11.4. The molecule has 1 aliphatic rings. The summed E-state index contributed by atoms with van der Waals surface area (Å²) in [5.41, 5.74) is 1.76. The number of anilines is 2. The fourth-order valence-electron chi connectivity index (χ4n) is 2.02. The van der Waals surface area contributed by atoms with Crippen LogP contribution in [0.2, 0.25) is 0 Å². The molecule has 0 saturated heterocycles. The summed E-state index contributed by atoms with van der Waals surface area (Å²) in [5, 5.41) is 6.45. The van der Waals surface area contributed by atoms with Crippen LogP contribution in [0.15, 0.2) is 24.7 Å². The number of pyridine rings is 1. The molecule has 1 aliphatic heterocycles. The van der Waals surface area contributed by atoms with Gasteiger partial charge in [0.2, 0.25) is 0 Å². The molecule has 20 heavy (non-hydrogen) atoms. The van der Waals surface area contributed by atoms with E-state index in [1.807, 2.05) is 12.1 Å². The van der Waals surface area contributed by atoms with Gasteiger partial charge in [-0.25, -0.2) is 15.0 Å². The van der Waals surface area contributed by atoms with E-state index in [1.165, 1.54) is 0 Å². The maximum atomic E-state index is 5.60. The van der Waals surface area contributed by atoms with Crippen LogP contribution < -0.4 is 15.4 Å². The van der Waals surface area contributed by atoms with E-state index >= 15 is 0 Å². The first-order valence-electron chi connectivity index (χ1n) is 6.80. The first-order chi connectivity index (χ1) is 9.86. The molecule has 6 heteroatoms. The zero-order chi connectivity index (χ0) is 13.8. The standard InChI is InChI=1S/C14H17N5O/c1-2-3-15-13-7-11(18-9-19-13)10-6-12-14(17-8-10)16-4-5-20-12/h6-9H,2-5H2,1H3,(H,16,17)(H,15,18,19). The summed E-state index contributed by atoms with van der Waals surface area (Å²) in [6.45, 7) is 4.46. The van der Waals surface area contributed by atoms with Gasteiger partial charge in [0.25, 0.3) is 0 Å². The van der Waals surface area contributed by atoms with Crippen LogP contribution in [0.1, 0.15) is 13.3 Å². The number of hydrogen-bond acceptors (Lipinski definition) is 6. The molecule has 0 aliphatic carbocycles. The van der Waals surface area contributed by atoms with Crippen LogP contribution in [0.25, 0.3) is 11.3 Å². The first-order valence-corrected chi connectivity index (χ1v) is 6.80. The van der Waals surface area contributed by atoms with E-state index in [0.717, 1.165) is 48.2 Å². The first kappa shape index (κ1) is 12.7. The van der Waals surface area contributed by atoms with E-state index in [0.29, 0.717) is 6.61 Å². The summed E-state index contributed by atoms with van der Waals surface area (Å²) in [6.07, 6.45) is 4.41.